The van der Waals surface area contributed by atoms with Gasteiger partial charge in [0.05, 0.1) is 18.6 Å². The molecular weight excluding hydrogens is 410 g/mol. The quantitative estimate of drug-likeness (QED) is 0.187. The van der Waals surface area contributed by atoms with Gasteiger partial charge in [-0.2, -0.15) is 0 Å². The smallest absolute Gasteiger partial charge is 0.311 e. The lowest BCUT2D eigenvalue weighted by Crippen LogP contribution is -2.43. The zero-order chi connectivity index (χ0) is 19.9. The first kappa shape index (κ1) is 21.9. The fourth-order valence-corrected chi connectivity index (χ4v) is 3.98. The van der Waals surface area contributed by atoms with Crippen molar-refractivity contribution in [3.63, 3.8) is 0 Å². The van der Waals surface area contributed by atoms with Gasteiger partial charge in [0.2, 0.25) is 6.41 Å². The van der Waals surface area contributed by atoms with E-state index in [1.807, 2.05) is 39.0 Å². The number of rotatable bonds is 8. The molecule has 1 aromatic carbocycles. The topological polar surface area (TPSA) is 55.8 Å². The largest absolute Gasteiger partial charge is 0.427 e. The first-order chi connectivity index (χ1) is 12.8. The van der Waals surface area contributed by atoms with Crippen molar-refractivity contribution in [2.24, 2.45) is 5.41 Å². The lowest BCUT2D eigenvalue weighted by molar-refractivity contribution is -0.227. The zero-order valence-corrected chi connectivity index (χ0v) is 18.1. The number of hydroxylamine groups is 2. The Kier molecular flexibility index (Phi) is 7.86. The van der Waals surface area contributed by atoms with Crippen LogP contribution in [0.15, 0.2) is 24.3 Å². The molecule has 5 nitrogen and oxygen atoms in total. The number of benzene rings is 1. The molecule has 0 spiro atoms. The summed E-state index contributed by atoms with van der Waals surface area (Å²) in [5, 5.41) is 2.06. The monoisotopic (exact) mass is 439 g/mol. The van der Waals surface area contributed by atoms with Crippen molar-refractivity contribution in [3.05, 3.63) is 29.8 Å². The van der Waals surface area contributed by atoms with Crippen molar-refractivity contribution in [1.82, 2.24) is 5.06 Å². The van der Waals surface area contributed by atoms with E-state index in [0.29, 0.717) is 24.0 Å². The molecule has 150 valence electrons. The molecule has 0 aromatic heterocycles. The molecule has 1 aromatic rings. The normalized spacial score (nSPS) is 16.6. The molecular formula is C21H30BrNO4. The van der Waals surface area contributed by atoms with Crippen molar-refractivity contribution < 1.29 is 19.2 Å². The highest BCUT2D eigenvalue weighted by Crippen LogP contribution is 2.40. The van der Waals surface area contributed by atoms with Gasteiger partial charge >= 0.3 is 5.97 Å². The number of hydrogen-bond donors (Lipinski definition) is 0. The van der Waals surface area contributed by atoms with Crippen LogP contribution in [0.3, 0.4) is 0 Å². The second kappa shape index (κ2) is 9.69. The molecule has 1 amide bonds. The van der Waals surface area contributed by atoms with Crippen molar-refractivity contribution >= 4 is 28.3 Å². The summed E-state index contributed by atoms with van der Waals surface area (Å²) in [5.41, 5.74) is 0.292. The molecule has 1 saturated carbocycles. The predicted octanol–water partition coefficient (Wildman–Crippen LogP) is 5.02. The minimum absolute atomic E-state index is 0.259. The summed E-state index contributed by atoms with van der Waals surface area (Å²) < 4.78 is 5.59. The Morgan fingerprint density at radius 1 is 1.26 bits per heavy atom. The van der Waals surface area contributed by atoms with Gasteiger partial charge in [0, 0.05) is 10.7 Å². The summed E-state index contributed by atoms with van der Waals surface area (Å²) in [6.45, 7) is 6.12. The highest BCUT2D eigenvalue weighted by molar-refractivity contribution is 9.08. The number of ether oxygens (including phenoxy) is 1. The Balaban J connectivity index is 2.07. The molecule has 1 aliphatic carbocycles. The summed E-state index contributed by atoms with van der Waals surface area (Å²) in [5.74, 6) is 0.298. The molecule has 2 rings (SSSR count). The number of halogens is 1. The average Bonchev–Trinajstić information content (AvgIpc) is 2.60. The molecule has 0 aliphatic heterocycles. The van der Waals surface area contributed by atoms with Crippen LogP contribution in [0.2, 0.25) is 0 Å². The highest BCUT2D eigenvalue weighted by Gasteiger charge is 2.38. The van der Waals surface area contributed by atoms with Crippen LogP contribution < -0.4 is 4.74 Å². The minimum Gasteiger partial charge on any atom is -0.427 e. The summed E-state index contributed by atoms with van der Waals surface area (Å²) in [6.07, 6.45) is 6.03. The zero-order valence-electron chi connectivity index (χ0n) is 16.5. The van der Waals surface area contributed by atoms with E-state index >= 15 is 0 Å². The van der Waals surface area contributed by atoms with Gasteiger partial charge in [0.25, 0.3) is 0 Å². The first-order valence-corrected chi connectivity index (χ1v) is 10.6. The van der Waals surface area contributed by atoms with Crippen LogP contribution in [-0.2, 0) is 19.8 Å². The van der Waals surface area contributed by atoms with E-state index in [1.54, 1.807) is 6.07 Å². The number of alkyl halides is 1. The molecule has 0 heterocycles. The van der Waals surface area contributed by atoms with Gasteiger partial charge in [0.15, 0.2) is 0 Å². The summed E-state index contributed by atoms with van der Waals surface area (Å²) in [4.78, 5) is 29.9. The van der Waals surface area contributed by atoms with Gasteiger partial charge in [-0.05, 0) is 51.3 Å². The van der Waals surface area contributed by atoms with E-state index in [1.165, 1.54) is 5.06 Å². The van der Waals surface area contributed by atoms with Gasteiger partial charge in [-0.3, -0.25) is 14.4 Å². The molecule has 6 heteroatoms. The van der Waals surface area contributed by atoms with Gasteiger partial charge in [-0.25, -0.2) is 5.06 Å². The third kappa shape index (κ3) is 7.26. The third-order valence-corrected chi connectivity index (χ3v) is 5.37. The Hall–Kier alpha value is -1.40. The van der Waals surface area contributed by atoms with Gasteiger partial charge < -0.3 is 4.74 Å². The Morgan fingerprint density at radius 2 is 1.96 bits per heavy atom. The van der Waals surface area contributed by atoms with Crippen molar-refractivity contribution in [2.75, 3.05) is 6.54 Å². The van der Waals surface area contributed by atoms with Crippen LogP contribution in [-0.4, -0.2) is 29.6 Å². The van der Waals surface area contributed by atoms with Crippen LogP contribution in [0, 0.1) is 5.41 Å². The molecule has 0 unspecified atom stereocenters. The molecule has 0 N–H and O–H groups in total. The Labute approximate surface area is 170 Å². The molecule has 1 aliphatic rings. The van der Waals surface area contributed by atoms with Crippen LogP contribution in [0.25, 0.3) is 0 Å². The number of carbonyl (C=O) groups is 2. The SMILES string of the molecule is CC(C)(C)ON(C=O)CC1(CC(=O)Oc2cccc(CBr)c2)CCCCC1. The summed E-state index contributed by atoms with van der Waals surface area (Å²) in [7, 11) is 0. The maximum atomic E-state index is 12.7. The van der Waals surface area contributed by atoms with E-state index in [9.17, 15) is 9.59 Å². The van der Waals surface area contributed by atoms with Crippen molar-refractivity contribution in [3.8, 4) is 5.75 Å². The fraction of sp³-hybridized carbons (Fsp3) is 0.619. The molecule has 0 bridgehead atoms. The molecule has 0 atom stereocenters. The second-order valence-corrected chi connectivity index (χ2v) is 8.94. The lowest BCUT2D eigenvalue weighted by Gasteiger charge is -2.40. The first-order valence-electron chi connectivity index (χ1n) is 9.52. The van der Waals surface area contributed by atoms with E-state index in [2.05, 4.69) is 15.9 Å². The second-order valence-electron chi connectivity index (χ2n) is 8.38. The summed E-state index contributed by atoms with van der Waals surface area (Å²) >= 11 is 3.41. The van der Waals surface area contributed by atoms with E-state index < -0.39 is 5.60 Å². The Bertz CT molecular complexity index is 635. The standard InChI is InChI=1S/C21H30BrNO4/c1-20(2,3)27-23(16-24)15-21(10-5-4-6-11-21)13-19(25)26-18-9-7-8-17(12-18)14-22/h7-9,12,16H,4-6,10-11,13-15H2,1-3H3. The van der Waals surface area contributed by atoms with Crippen LogP contribution >= 0.6 is 15.9 Å². The van der Waals surface area contributed by atoms with Gasteiger partial charge in [0.1, 0.15) is 5.75 Å². The maximum absolute atomic E-state index is 12.7. The Morgan fingerprint density at radius 3 is 2.56 bits per heavy atom. The third-order valence-electron chi connectivity index (χ3n) is 4.72. The molecule has 0 saturated heterocycles. The van der Waals surface area contributed by atoms with Crippen LogP contribution in [0.1, 0.15) is 64.9 Å². The lowest BCUT2D eigenvalue weighted by atomic mass is 9.71. The van der Waals surface area contributed by atoms with Crippen LogP contribution in [0.5, 0.6) is 5.75 Å². The number of hydrogen-bond acceptors (Lipinski definition) is 4. The van der Waals surface area contributed by atoms with E-state index in [0.717, 1.165) is 37.7 Å². The van der Waals surface area contributed by atoms with Crippen molar-refractivity contribution in [1.29, 1.82) is 0 Å². The fourth-order valence-electron chi connectivity index (χ4n) is 3.63. The van der Waals surface area contributed by atoms with Gasteiger partial charge in [-0.15, -0.1) is 0 Å². The average molecular weight is 440 g/mol. The molecule has 0 radical (unpaired) electrons. The maximum Gasteiger partial charge on any atom is 0.311 e. The van der Waals surface area contributed by atoms with Crippen LogP contribution in [0.4, 0.5) is 0 Å². The molecule has 1 fully saturated rings. The number of carbonyl (C=O) groups excluding carboxylic acids is 2. The van der Waals surface area contributed by atoms with Gasteiger partial charge in [-0.1, -0.05) is 47.3 Å². The van der Waals surface area contributed by atoms with E-state index in [-0.39, 0.29) is 17.8 Å². The van der Waals surface area contributed by atoms with E-state index in [4.69, 9.17) is 9.57 Å². The predicted molar refractivity (Wildman–Crippen MR) is 108 cm³/mol. The van der Waals surface area contributed by atoms with Crippen molar-refractivity contribution in [2.45, 2.75) is 70.2 Å². The number of amides is 1. The number of nitrogens with zero attached hydrogens (tertiary/aromatic N) is 1. The summed E-state index contributed by atoms with van der Waals surface area (Å²) in [6, 6.07) is 7.50. The number of esters is 1. The minimum atomic E-state index is -0.465. The molecule has 27 heavy (non-hydrogen) atoms. The highest BCUT2D eigenvalue weighted by atomic mass is 79.9.